The molecule has 0 spiro atoms. The molecule has 2 N–H and O–H groups in total. The molecule has 2 saturated heterocycles. The van der Waals surface area contributed by atoms with E-state index >= 15 is 0 Å². The zero-order chi connectivity index (χ0) is 26.6. The molecule has 0 saturated carbocycles. The first-order chi connectivity index (χ1) is 17.0. The highest BCUT2D eigenvalue weighted by Crippen LogP contribution is 2.49. The topological polar surface area (TPSA) is 166 Å². The van der Waals surface area contributed by atoms with E-state index in [9.17, 15) is 33.9 Å². The number of carboxylic acids is 1. The number of carbonyl (C=O) groups excluding carboxylic acids is 5. The van der Waals surface area contributed by atoms with Crippen LogP contribution in [-0.2, 0) is 49.4 Å². The SMILES string of the molecule is COC(=O)C(CC1S[C@@H]2C(NC(=O)Cc3cccs3)C(=O)N2CC1(COC(C)=O)C(=O)O)C(=O)OC. The zero-order valence-electron chi connectivity index (χ0n) is 19.8. The van der Waals surface area contributed by atoms with Gasteiger partial charge in [-0.1, -0.05) is 6.07 Å². The van der Waals surface area contributed by atoms with Crippen molar-refractivity contribution in [2.75, 3.05) is 27.4 Å². The van der Waals surface area contributed by atoms with E-state index in [1.165, 1.54) is 16.2 Å². The van der Waals surface area contributed by atoms with Crippen LogP contribution in [0.1, 0.15) is 18.2 Å². The Morgan fingerprint density at radius 3 is 2.42 bits per heavy atom. The van der Waals surface area contributed by atoms with Gasteiger partial charge < -0.3 is 29.5 Å². The number of nitrogens with one attached hydrogen (secondary N) is 1. The maximum Gasteiger partial charge on any atom is 0.320 e. The van der Waals surface area contributed by atoms with Gasteiger partial charge in [-0.3, -0.25) is 28.8 Å². The van der Waals surface area contributed by atoms with Crippen LogP contribution < -0.4 is 5.32 Å². The van der Waals surface area contributed by atoms with Crippen LogP contribution in [0.5, 0.6) is 0 Å². The predicted octanol–water partition coefficient (Wildman–Crippen LogP) is 0.0455. The molecule has 36 heavy (non-hydrogen) atoms. The summed E-state index contributed by atoms with van der Waals surface area (Å²) < 4.78 is 14.5. The average molecular weight is 543 g/mol. The third-order valence-electron chi connectivity index (χ3n) is 6.13. The molecule has 2 aliphatic heterocycles. The van der Waals surface area contributed by atoms with Crippen LogP contribution in [0.4, 0.5) is 0 Å². The van der Waals surface area contributed by atoms with Crippen LogP contribution in [0.2, 0.25) is 0 Å². The molecule has 4 atom stereocenters. The third-order valence-corrected chi connectivity index (χ3v) is 8.78. The molecule has 0 bridgehead atoms. The highest BCUT2D eigenvalue weighted by Gasteiger charge is 2.62. The van der Waals surface area contributed by atoms with E-state index < -0.39 is 64.4 Å². The molecule has 2 aliphatic rings. The largest absolute Gasteiger partial charge is 0.481 e. The number of β-lactam (4-membered cyclic amide) rings is 1. The number of thiophene rings is 1. The number of esters is 3. The van der Waals surface area contributed by atoms with Crippen molar-refractivity contribution in [1.29, 1.82) is 0 Å². The van der Waals surface area contributed by atoms with Crippen molar-refractivity contribution in [3.63, 3.8) is 0 Å². The second-order valence-corrected chi connectivity index (χ2v) is 10.7. The molecule has 196 valence electrons. The monoisotopic (exact) mass is 542 g/mol. The van der Waals surface area contributed by atoms with Gasteiger partial charge in [0.1, 0.15) is 23.4 Å². The van der Waals surface area contributed by atoms with E-state index in [4.69, 9.17) is 14.2 Å². The van der Waals surface area contributed by atoms with Crippen molar-refractivity contribution in [3.05, 3.63) is 22.4 Å². The minimum atomic E-state index is -1.82. The summed E-state index contributed by atoms with van der Waals surface area (Å²) in [4.78, 5) is 76.2. The molecule has 1 aromatic rings. The third kappa shape index (κ3) is 5.48. The first-order valence-corrected chi connectivity index (χ1v) is 12.7. The van der Waals surface area contributed by atoms with Crippen LogP contribution in [0.15, 0.2) is 17.5 Å². The van der Waals surface area contributed by atoms with Crippen molar-refractivity contribution in [2.24, 2.45) is 11.3 Å². The van der Waals surface area contributed by atoms with Gasteiger partial charge in [-0.2, -0.15) is 0 Å². The summed E-state index contributed by atoms with van der Waals surface area (Å²) in [7, 11) is 2.17. The predicted molar refractivity (Wildman–Crippen MR) is 126 cm³/mol. The number of ether oxygens (including phenoxy) is 3. The average Bonchev–Trinajstić information content (AvgIpc) is 3.36. The van der Waals surface area contributed by atoms with E-state index in [1.807, 2.05) is 5.38 Å². The number of carboxylic acid groups (broad SMARTS) is 1. The fourth-order valence-electron chi connectivity index (χ4n) is 4.18. The van der Waals surface area contributed by atoms with Crippen LogP contribution in [0.3, 0.4) is 0 Å². The van der Waals surface area contributed by atoms with Crippen molar-refractivity contribution in [2.45, 2.75) is 36.4 Å². The number of aliphatic carboxylic acids is 1. The second-order valence-electron chi connectivity index (χ2n) is 8.36. The number of amides is 2. The number of methoxy groups -OCH3 is 2. The molecule has 14 heteroatoms. The molecule has 0 radical (unpaired) electrons. The van der Waals surface area contributed by atoms with Gasteiger partial charge in [0, 0.05) is 23.6 Å². The van der Waals surface area contributed by atoms with Gasteiger partial charge in [0.2, 0.25) is 11.8 Å². The molecule has 2 fully saturated rings. The summed E-state index contributed by atoms with van der Waals surface area (Å²) in [6, 6.07) is 2.68. The number of nitrogens with zero attached hydrogens (tertiary/aromatic N) is 1. The lowest BCUT2D eigenvalue weighted by Crippen LogP contribution is -2.75. The summed E-state index contributed by atoms with van der Waals surface area (Å²) in [5.41, 5.74) is -1.82. The number of hydrogen-bond acceptors (Lipinski definition) is 11. The van der Waals surface area contributed by atoms with Gasteiger partial charge >= 0.3 is 23.9 Å². The van der Waals surface area contributed by atoms with Gasteiger partial charge in [0.15, 0.2) is 5.92 Å². The summed E-state index contributed by atoms with van der Waals surface area (Å²) in [6.07, 6.45) is -0.230. The van der Waals surface area contributed by atoms with E-state index in [1.54, 1.807) is 12.1 Å². The van der Waals surface area contributed by atoms with Crippen LogP contribution in [0.25, 0.3) is 0 Å². The molecule has 1 aromatic heterocycles. The second kappa shape index (κ2) is 11.3. The quantitative estimate of drug-likeness (QED) is 0.177. The Hall–Kier alpha value is -3.13. The van der Waals surface area contributed by atoms with E-state index in [0.29, 0.717) is 0 Å². The van der Waals surface area contributed by atoms with E-state index in [2.05, 4.69) is 5.32 Å². The van der Waals surface area contributed by atoms with Gasteiger partial charge in [0.05, 0.1) is 20.6 Å². The molecule has 12 nitrogen and oxygen atoms in total. The van der Waals surface area contributed by atoms with Crippen molar-refractivity contribution in [1.82, 2.24) is 10.2 Å². The molecule has 3 rings (SSSR count). The van der Waals surface area contributed by atoms with Crippen LogP contribution in [-0.4, -0.2) is 89.7 Å². The molecule has 0 aromatic carbocycles. The Bertz CT molecular complexity index is 1030. The number of hydrogen-bond donors (Lipinski definition) is 2. The fourth-order valence-corrected chi connectivity index (χ4v) is 6.70. The highest BCUT2D eigenvalue weighted by molar-refractivity contribution is 8.00. The summed E-state index contributed by atoms with van der Waals surface area (Å²) in [6.45, 7) is 0.183. The van der Waals surface area contributed by atoms with E-state index in [-0.39, 0.29) is 25.3 Å². The minimum absolute atomic E-state index is 0.0839. The number of fused-ring (bicyclic) bond motifs is 1. The minimum Gasteiger partial charge on any atom is -0.481 e. The molecule has 3 unspecified atom stereocenters. The molecular weight excluding hydrogens is 516 g/mol. The Balaban J connectivity index is 1.87. The zero-order valence-corrected chi connectivity index (χ0v) is 21.4. The van der Waals surface area contributed by atoms with Crippen LogP contribution >= 0.6 is 23.1 Å². The van der Waals surface area contributed by atoms with Crippen molar-refractivity contribution in [3.8, 4) is 0 Å². The van der Waals surface area contributed by atoms with Crippen molar-refractivity contribution < 1.29 is 48.1 Å². The maximum absolute atomic E-state index is 12.9. The summed E-state index contributed by atoms with van der Waals surface area (Å²) in [5.74, 6) is -6.22. The normalized spacial score (nSPS) is 24.8. The van der Waals surface area contributed by atoms with Gasteiger partial charge in [0.25, 0.3) is 0 Å². The Morgan fingerprint density at radius 1 is 1.22 bits per heavy atom. The number of carbonyl (C=O) groups is 6. The Labute approximate surface area is 214 Å². The standard InChI is InChI=1S/C22H26N2O10S2/c1-11(25)34-10-22(21(30)31)9-24-17(27)16(23-15(26)7-12-5-4-6-35-12)18(24)36-14(22)8-13(19(28)32-2)20(29)33-3/h4-6,13-14,16,18H,7-10H2,1-3H3,(H,23,26)(H,30,31)/t14?,16?,18-,22?/m1/s1. The highest BCUT2D eigenvalue weighted by atomic mass is 32.2. The first-order valence-electron chi connectivity index (χ1n) is 10.8. The van der Waals surface area contributed by atoms with Gasteiger partial charge in [-0.15, -0.1) is 23.1 Å². The van der Waals surface area contributed by atoms with Crippen LogP contribution in [0, 0.1) is 11.3 Å². The lowest BCUT2D eigenvalue weighted by molar-refractivity contribution is -0.170. The fraction of sp³-hybridized carbons (Fsp3) is 0.545. The lowest BCUT2D eigenvalue weighted by Gasteiger charge is -2.56. The number of thioether (sulfide) groups is 1. The molecule has 0 aliphatic carbocycles. The Kier molecular flexibility index (Phi) is 8.61. The van der Waals surface area contributed by atoms with Gasteiger partial charge in [-0.05, 0) is 17.9 Å². The summed E-state index contributed by atoms with van der Waals surface area (Å²) >= 11 is 2.42. The van der Waals surface area contributed by atoms with Crippen molar-refractivity contribution >= 4 is 58.8 Å². The lowest BCUT2D eigenvalue weighted by atomic mass is 9.78. The Morgan fingerprint density at radius 2 is 1.89 bits per heavy atom. The molecule has 2 amide bonds. The summed E-state index contributed by atoms with van der Waals surface area (Å²) in [5, 5.41) is 13.1. The first kappa shape index (κ1) is 27.5. The molecule has 3 heterocycles. The maximum atomic E-state index is 12.9. The number of rotatable bonds is 10. The smallest absolute Gasteiger partial charge is 0.320 e. The molecular formula is C22H26N2O10S2. The van der Waals surface area contributed by atoms with Gasteiger partial charge in [-0.25, -0.2) is 0 Å². The van der Waals surface area contributed by atoms with E-state index in [0.717, 1.165) is 37.8 Å².